The maximum absolute atomic E-state index is 10.0. The van der Waals surface area contributed by atoms with Crippen LogP contribution in [0.15, 0.2) is 36.7 Å². The quantitative estimate of drug-likeness (QED) is 0.792. The molecule has 0 aliphatic rings. The molecular weight excluding hydrogens is 198 g/mol. The first-order chi connectivity index (χ1) is 7.83. The number of pyridine rings is 1. The maximum Gasteiger partial charge on any atom is 0.0820 e. The molecule has 0 saturated heterocycles. The van der Waals surface area contributed by atoms with E-state index in [9.17, 15) is 5.11 Å². The van der Waals surface area contributed by atoms with Gasteiger partial charge in [-0.2, -0.15) is 0 Å². The molecule has 2 aromatic rings. The van der Waals surface area contributed by atoms with Crippen molar-refractivity contribution in [1.82, 2.24) is 4.98 Å². The van der Waals surface area contributed by atoms with E-state index < -0.39 is 6.10 Å². The molecule has 2 rings (SSSR count). The Balaban J connectivity index is 2.40. The van der Waals surface area contributed by atoms with Gasteiger partial charge >= 0.3 is 0 Å². The summed E-state index contributed by atoms with van der Waals surface area (Å²) in [5.41, 5.74) is 0.855. The molecule has 1 heterocycles. The van der Waals surface area contributed by atoms with Gasteiger partial charge < -0.3 is 5.11 Å². The fourth-order valence-corrected chi connectivity index (χ4v) is 1.78. The van der Waals surface area contributed by atoms with Gasteiger partial charge in [-0.3, -0.25) is 4.98 Å². The van der Waals surface area contributed by atoms with Crippen molar-refractivity contribution < 1.29 is 5.11 Å². The van der Waals surface area contributed by atoms with Crippen LogP contribution in [0.3, 0.4) is 0 Å². The average molecular weight is 211 g/mol. The second-order valence-corrected chi connectivity index (χ2v) is 3.71. The van der Waals surface area contributed by atoms with Crippen LogP contribution in [0.2, 0.25) is 0 Å². The minimum absolute atomic E-state index is 0.533. The number of aliphatic hydroxyl groups is 1. The van der Waals surface area contributed by atoms with E-state index in [-0.39, 0.29) is 0 Å². The van der Waals surface area contributed by atoms with E-state index in [1.54, 1.807) is 12.4 Å². The number of hydrogen-bond acceptors (Lipinski definition) is 2. The van der Waals surface area contributed by atoms with Gasteiger partial charge in [0.1, 0.15) is 0 Å². The van der Waals surface area contributed by atoms with Crippen molar-refractivity contribution in [3.8, 4) is 12.3 Å². The summed E-state index contributed by atoms with van der Waals surface area (Å²) in [7, 11) is 0. The van der Waals surface area contributed by atoms with Crippen LogP contribution in [0, 0.1) is 12.3 Å². The Kier molecular flexibility index (Phi) is 3.19. The van der Waals surface area contributed by atoms with Gasteiger partial charge in [0.05, 0.1) is 6.10 Å². The van der Waals surface area contributed by atoms with Gasteiger partial charge in [-0.05, 0) is 11.8 Å². The number of terminal acetylenes is 1. The molecule has 2 nitrogen and oxygen atoms in total. The first-order valence-electron chi connectivity index (χ1n) is 5.27. The van der Waals surface area contributed by atoms with E-state index in [4.69, 9.17) is 6.42 Å². The fourth-order valence-electron chi connectivity index (χ4n) is 1.78. The zero-order valence-corrected chi connectivity index (χ0v) is 8.93. The Labute approximate surface area is 95.0 Å². The Hall–Kier alpha value is -1.85. The Morgan fingerprint density at radius 3 is 2.94 bits per heavy atom. The molecule has 1 aromatic heterocycles. The molecule has 2 heteroatoms. The highest BCUT2D eigenvalue weighted by Gasteiger charge is 2.10. The van der Waals surface area contributed by atoms with Gasteiger partial charge in [-0.1, -0.05) is 24.3 Å². The molecule has 0 bridgehead atoms. The van der Waals surface area contributed by atoms with Crippen molar-refractivity contribution in [3.63, 3.8) is 0 Å². The maximum atomic E-state index is 10.0. The van der Waals surface area contributed by atoms with Crippen LogP contribution in [0.25, 0.3) is 10.8 Å². The summed E-state index contributed by atoms with van der Waals surface area (Å²) in [6.45, 7) is 0. The van der Waals surface area contributed by atoms with Crippen LogP contribution < -0.4 is 0 Å². The smallest absolute Gasteiger partial charge is 0.0820 e. The molecule has 0 aliphatic heterocycles. The number of hydrogen-bond donors (Lipinski definition) is 1. The second-order valence-electron chi connectivity index (χ2n) is 3.71. The summed E-state index contributed by atoms with van der Waals surface area (Å²) in [5, 5.41) is 12.1. The first-order valence-corrected chi connectivity index (χ1v) is 5.27. The predicted molar refractivity (Wildman–Crippen MR) is 64.8 cm³/mol. The summed E-state index contributed by atoms with van der Waals surface area (Å²) in [6.07, 6.45) is 9.32. The molecular formula is C14H13NO. The lowest BCUT2D eigenvalue weighted by Gasteiger charge is -2.11. The molecule has 1 unspecified atom stereocenters. The summed E-state index contributed by atoms with van der Waals surface area (Å²) in [4.78, 5) is 4.13. The van der Waals surface area contributed by atoms with Crippen LogP contribution in [0.5, 0.6) is 0 Å². The van der Waals surface area contributed by atoms with Gasteiger partial charge in [-0.15, -0.1) is 12.3 Å². The number of fused-ring (bicyclic) bond motifs is 1. The molecule has 0 aliphatic carbocycles. The van der Waals surface area contributed by atoms with Crippen LogP contribution >= 0.6 is 0 Å². The second kappa shape index (κ2) is 4.78. The molecule has 0 amide bonds. The molecule has 1 N–H and O–H groups in total. The van der Waals surface area contributed by atoms with E-state index in [0.717, 1.165) is 16.3 Å². The zero-order valence-electron chi connectivity index (χ0n) is 8.93. The Bertz CT molecular complexity index is 522. The standard InChI is InChI=1S/C14H13NO/c1-2-3-8-14(16)13-10-15-9-11-6-4-5-7-12(11)13/h1,4-7,9-10,14,16H,3,8H2. The number of nitrogens with zero attached hydrogens (tertiary/aromatic N) is 1. The monoisotopic (exact) mass is 211 g/mol. The topological polar surface area (TPSA) is 33.1 Å². The highest BCUT2D eigenvalue weighted by Crippen LogP contribution is 2.25. The third-order valence-corrected chi connectivity index (χ3v) is 2.62. The third-order valence-electron chi connectivity index (χ3n) is 2.62. The third kappa shape index (κ3) is 2.05. The minimum atomic E-state index is -0.533. The van der Waals surface area contributed by atoms with E-state index in [0.29, 0.717) is 12.8 Å². The highest BCUT2D eigenvalue weighted by atomic mass is 16.3. The molecule has 16 heavy (non-hydrogen) atoms. The molecule has 80 valence electrons. The lowest BCUT2D eigenvalue weighted by Crippen LogP contribution is -1.98. The van der Waals surface area contributed by atoms with Crippen molar-refractivity contribution in [2.45, 2.75) is 18.9 Å². The van der Waals surface area contributed by atoms with Crippen molar-refractivity contribution >= 4 is 10.8 Å². The summed E-state index contributed by atoms with van der Waals surface area (Å²) in [6, 6.07) is 7.90. The van der Waals surface area contributed by atoms with E-state index in [1.807, 2.05) is 24.3 Å². The van der Waals surface area contributed by atoms with Crippen molar-refractivity contribution in [2.24, 2.45) is 0 Å². The zero-order chi connectivity index (χ0) is 11.4. The van der Waals surface area contributed by atoms with Crippen molar-refractivity contribution in [1.29, 1.82) is 0 Å². The Morgan fingerprint density at radius 1 is 1.31 bits per heavy atom. The van der Waals surface area contributed by atoms with Crippen molar-refractivity contribution in [3.05, 3.63) is 42.2 Å². The van der Waals surface area contributed by atoms with Gasteiger partial charge in [-0.25, -0.2) is 0 Å². The number of aliphatic hydroxyl groups excluding tert-OH is 1. The highest BCUT2D eigenvalue weighted by molar-refractivity contribution is 5.84. The van der Waals surface area contributed by atoms with Gasteiger partial charge in [0, 0.05) is 29.8 Å². The first kappa shape index (κ1) is 10.7. The minimum Gasteiger partial charge on any atom is -0.388 e. The van der Waals surface area contributed by atoms with E-state index in [1.165, 1.54) is 0 Å². The normalized spacial score (nSPS) is 12.2. The van der Waals surface area contributed by atoms with E-state index >= 15 is 0 Å². The number of aromatic nitrogens is 1. The Morgan fingerprint density at radius 2 is 2.12 bits per heavy atom. The fraction of sp³-hybridized carbons (Fsp3) is 0.214. The molecule has 0 spiro atoms. The van der Waals surface area contributed by atoms with Crippen LogP contribution in [0.4, 0.5) is 0 Å². The van der Waals surface area contributed by atoms with Crippen LogP contribution in [-0.2, 0) is 0 Å². The van der Waals surface area contributed by atoms with Gasteiger partial charge in [0.2, 0.25) is 0 Å². The average Bonchev–Trinajstić information content (AvgIpc) is 2.35. The number of rotatable bonds is 3. The molecule has 0 saturated carbocycles. The molecule has 0 radical (unpaired) electrons. The van der Waals surface area contributed by atoms with Crippen molar-refractivity contribution in [2.75, 3.05) is 0 Å². The lowest BCUT2D eigenvalue weighted by atomic mass is 10.0. The SMILES string of the molecule is C#CCCC(O)c1cncc2ccccc12. The van der Waals surface area contributed by atoms with E-state index in [2.05, 4.69) is 10.9 Å². The molecule has 1 aromatic carbocycles. The van der Waals surface area contributed by atoms with Crippen LogP contribution in [-0.4, -0.2) is 10.1 Å². The summed E-state index contributed by atoms with van der Waals surface area (Å²) in [5.74, 6) is 2.54. The predicted octanol–water partition coefficient (Wildman–Crippen LogP) is 2.68. The lowest BCUT2D eigenvalue weighted by molar-refractivity contribution is 0.170. The molecule has 0 fully saturated rings. The van der Waals surface area contributed by atoms with Gasteiger partial charge in [0.15, 0.2) is 0 Å². The molecule has 1 atom stereocenters. The van der Waals surface area contributed by atoms with Crippen LogP contribution in [0.1, 0.15) is 24.5 Å². The summed E-state index contributed by atoms with van der Waals surface area (Å²) < 4.78 is 0. The number of benzene rings is 1. The largest absolute Gasteiger partial charge is 0.388 e. The summed E-state index contributed by atoms with van der Waals surface area (Å²) >= 11 is 0. The van der Waals surface area contributed by atoms with Gasteiger partial charge in [0.25, 0.3) is 0 Å².